The van der Waals surface area contributed by atoms with Crippen molar-refractivity contribution in [2.24, 2.45) is 0 Å². The highest BCUT2D eigenvalue weighted by atomic mass is 14.9. The van der Waals surface area contributed by atoms with Gasteiger partial charge >= 0.3 is 0 Å². The SMILES string of the molecule is CCCCNCCCNCCCCCCCCNCCCNCCCC. The standard InChI is InChI=1S/C22H50N4/c1-3-5-15-23-19-13-21-25-17-11-9-7-8-10-12-18-26-22-14-20-24-16-6-4-2/h23-26H,3-22H2,1-2H3. The van der Waals surface area contributed by atoms with Gasteiger partial charge in [0, 0.05) is 0 Å². The fourth-order valence-corrected chi connectivity index (χ4v) is 2.99. The van der Waals surface area contributed by atoms with Crippen molar-refractivity contribution in [2.45, 2.75) is 90.9 Å². The third-order valence-corrected chi connectivity index (χ3v) is 4.79. The van der Waals surface area contributed by atoms with Crippen molar-refractivity contribution in [3.63, 3.8) is 0 Å². The van der Waals surface area contributed by atoms with Gasteiger partial charge in [-0.2, -0.15) is 0 Å². The highest BCUT2D eigenvalue weighted by Gasteiger charge is 1.94. The van der Waals surface area contributed by atoms with E-state index in [1.165, 1.54) is 116 Å². The Labute approximate surface area is 165 Å². The smallest absolute Gasteiger partial charge is 0.00368 e. The van der Waals surface area contributed by atoms with Gasteiger partial charge in [0.15, 0.2) is 0 Å². The summed E-state index contributed by atoms with van der Waals surface area (Å²) in [6, 6.07) is 0. The van der Waals surface area contributed by atoms with Crippen LogP contribution in [-0.2, 0) is 0 Å². The molecule has 0 aliphatic heterocycles. The second-order valence-corrected chi connectivity index (χ2v) is 7.54. The summed E-state index contributed by atoms with van der Waals surface area (Å²) in [4.78, 5) is 0. The van der Waals surface area contributed by atoms with Crippen molar-refractivity contribution in [3.05, 3.63) is 0 Å². The molecular weight excluding hydrogens is 320 g/mol. The molecule has 0 heterocycles. The zero-order chi connectivity index (χ0) is 19.0. The molecule has 0 saturated carbocycles. The van der Waals surface area contributed by atoms with E-state index in [0.717, 1.165) is 13.1 Å². The van der Waals surface area contributed by atoms with Crippen LogP contribution in [0.2, 0.25) is 0 Å². The molecule has 0 aromatic heterocycles. The topological polar surface area (TPSA) is 48.1 Å². The fourth-order valence-electron chi connectivity index (χ4n) is 2.99. The van der Waals surface area contributed by atoms with Gasteiger partial charge in [-0.05, 0) is 90.9 Å². The van der Waals surface area contributed by atoms with Crippen LogP contribution in [0.3, 0.4) is 0 Å². The molecule has 0 aromatic carbocycles. The van der Waals surface area contributed by atoms with Crippen LogP contribution < -0.4 is 21.3 Å². The van der Waals surface area contributed by atoms with Gasteiger partial charge in [-0.15, -0.1) is 0 Å². The van der Waals surface area contributed by atoms with E-state index in [0.29, 0.717) is 0 Å². The van der Waals surface area contributed by atoms with Crippen molar-refractivity contribution in [2.75, 3.05) is 52.4 Å². The molecule has 0 rings (SSSR count). The highest BCUT2D eigenvalue weighted by Crippen LogP contribution is 2.04. The summed E-state index contributed by atoms with van der Waals surface area (Å²) < 4.78 is 0. The van der Waals surface area contributed by atoms with Crippen LogP contribution in [0.4, 0.5) is 0 Å². The predicted octanol–water partition coefficient (Wildman–Crippen LogP) is 4.07. The lowest BCUT2D eigenvalue weighted by Crippen LogP contribution is -2.23. The molecule has 4 heteroatoms. The van der Waals surface area contributed by atoms with Gasteiger partial charge in [0.1, 0.15) is 0 Å². The maximum absolute atomic E-state index is 3.57. The Morgan fingerprint density at radius 3 is 0.923 bits per heavy atom. The Kier molecular flexibility index (Phi) is 24.7. The molecule has 0 aromatic rings. The first-order valence-electron chi connectivity index (χ1n) is 11.7. The van der Waals surface area contributed by atoms with Crippen LogP contribution in [0.1, 0.15) is 90.9 Å². The van der Waals surface area contributed by atoms with Crippen LogP contribution in [0.25, 0.3) is 0 Å². The number of hydrogen-bond donors (Lipinski definition) is 4. The summed E-state index contributed by atoms with van der Waals surface area (Å²) >= 11 is 0. The van der Waals surface area contributed by atoms with E-state index in [9.17, 15) is 0 Å². The van der Waals surface area contributed by atoms with E-state index >= 15 is 0 Å². The molecule has 4 nitrogen and oxygen atoms in total. The molecule has 158 valence electrons. The van der Waals surface area contributed by atoms with Crippen LogP contribution in [0, 0.1) is 0 Å². The van der Waals surface area contributed by atoms with E-state index in [1.54, 1.807) is 0 Å². The molecule has 0 aliphatic rings. The lowest BCUT2D eigenvalue weighted by atomic mass is 10.1. The zero-order valence-corrected chi connectivity index (χ0v) is 18.1. The first kappa shape index (κ1) is 25.8. The van der Waals surface area contributed by atoms with Crippen molar-refractivity contribution in [1.82, 2.24) is 21.3 Å². The Bertz CT molecular complexity index is 212. The van der Waals surface area contributed by atoms with E-state index in [1.807, 2.05) is 0 Å². The van der Waals surface area contributed by atoms with Crippen molar-refractivity contribution >= 4 is 0 Å². The molecule has 4 N–H and O–H groups in total. The number of hydrogen-bond acceptors (Lipinski definition) is 4. The fraction of sp³-hybridized carbons (Fsp3) is 1.00. The van der Waals surface area contributed by atoms with Crippen molar-refractivity contribution in [3.8, 4) is 0 Å². The second-order valence-electron chi connectivity index (χ2n) is 7.54. The van der Waals surface area contributed by atoms with Gasteiger partial charge in [-0.3, -0.25) is 0 Å². The molecule has 0 saturated heterocycles. The van der Waals surface area contributed by atoms with Gasteiger partial charge in [0.05, 0.1) is 0 Å². The Morgan fingerprint density at radius 2 is 0.577 bits per heavy atom. The first-order valence-corrected chi connectivity index (χ1v) is 11.7. The van der Waals surface area contributed by atoms with Crippen LogP contribution in [-0.4, -0.2) is 52.4 Å². The summed E-state index contributed by atoms with van der Waals surface area (Å²) in [6.45, 7) is 13.9. The molecule has 0 atom stereocenters. The van der Waals surface area contributed by atoms with Crippen LogP contribution >= 0.6 is 0 Å². The Morgan fingerprint density at radius 1 is 0.308 bits per heavy atom. The molecule has 0 fully saturated rings. The molecule has 0 spiro atoms. The Hall–Kier alpha value is -0.160. The predicted molar refractivity (Wildman–Crippen MR) is 118 cm³/mol. The number of unbranched alkanes of at least 4 members (excludes halogenated alkanes) is 7. The summed E-state index contributed by atoms with van der Waals surface area (Å²) in [5, 5.41) is 14.1. The van der Waals surface area contributed by atoms with Crippen molar-refractivity contribution in [1.29, 1.82) is 0 Å². The molecule has 0 bridgehead atoms. The summed E-state index contributed by atoms with van der Waals surface area (Å²) in [5.74, 6) is 0. The maximum atomic E-state index is 3.57. The molecule has 0 amide bonds. The zero-order valence-electron chi connectivity index (χ0n) is 18.1. The second kappa shape index (κ2) is 24.8. The van der Waals surface area contributed by atoms with E-state index in [2.05, 4.69) is 35.1 Å². The van der Waals surface area contributed by atoms with Gasteiger partial charge in [-0.25, -0.2) is 0 Å². The normalized spacial score (nSPS) is 11.3. The van der Waals surface area contributed by atoms with Crippen LogP contribution in [0.15, 0.2) is 0 Å². The Balaban J connectivity index is 2.95. The molecule has 0 radical (unpaired) electrons. The lowest BCUT2D eigenvalue weighted by Gasteiger charge is -2.07. The van der Waals surface area contributed by atoms with E-state index in [-0.39, 0.29) is 0 Å². The van der Waals surface area contributed by atoms with Crippen molar-refractivity contribution < 1.29 is 0 Å². The minimum Gasteiger partial charge on any atom is -0.317 e. The first-order chi connectivity index (χ1) is 12.9. The average Bonchev–Trinajstić information content (AvgIpc) is 2.66. The summed E-state index contributed by atoms with van der Waals surface area (Å²) in [7, 11) is 0. The minimum atomic E-state index is 1.16. The van der Waals surface area contributed by atoms with Gasteiger partial charge in [0.2, 0.25) is 0 Å². The third kappa shape index (κ3) is 23.8. The monoisotopic (exact) mass is 370 g/mol. The summed E-state index contributed by atoms with van der Waals surface area (Å²) in [5.41, 5.74) is 0. The number of rotatable bonds is 23. The average molecular weight is 371 g/mol. The minimum absolute atomic E-state index is 1.16. The van der Waals surface area contributed by atoms with E-state index < -0.39 is 0 Å². The van der Waals surface area contributed by atoms with E-state index in [4.69, 9.17) is 0 Å². The highest BCUT2D eigenvalue weighted by molar-refractivity contribution is 4.55. The molecular formula is C22H50N4. The number of nitrogens with one attached hydrogen (secondary N) is 4. The van der Waals surface area contributed by atoms with Crippen LogP contribution in [0.5, 0.6) is 0 Å². The third-order valence-electron chi connectivity index (χ3n) is 4.79. The lowest BCUT2D eigenvalue weighted by molar-refractivity contribution is 0.532. The molecule has 0 aliphatic carbocycles. The molecule has 0 unspecified atom stereocenters. The van der Waals surface area contributed by atoms with Gasteiger partial charge in [-0.1, -0.05) is 52.4 Å². The largest absolute Gasteiger partial charge is 0.317 e. The quantitative estimate of drug-likeness (QED) is 0.205. The molecule has 26 heavy (non-hydrogen) atoms. The van der Waals surface area contributed by atoms with Gasteiger partial charge < -0.3 is 21.3 Å². The van der Waals surface area contributed by atoms with Gasteiger partial charge in [0.25, 0.3) is 0 Å². The maximum Gasteiger partial charge on any atom is -0.00368 e. The summed E-state index contributed by atoms with van der Waals surface area (Å²) in [6.07, 6.45) is 16.0.